The molecule has 0 radical (unpaired) electrons. The first-order valence-electron chi connectivity index (χ1n) is 10.7. The lowest BCUT2D eigenvalue weighted by Crippen LogP contribution is -2.34. The largest absolute Gasteiger partial charge is 0.434 e. The van der Waals surface area contributed by atoms with Crippen molar-refractivity contribution in [2.45, 2.75) is 56.7 Å². The van der Waals surface area contributed by atoms with E-state index in [2.05, 4.69) is 20.5 Å². The summed E-state index contributed by atoms with van der Waals surface area (Å²) in [7, 11) is -3.97. The first kappa shape index (κ1) is 24.0. The highest BCUT2D eigenvalue weighted by Crippen LogP contribution is 2.43. The number of hydrogen-bond donors (Lipinski definition) is 1. The monoisotopic (exact) mass is 492 g/mol. The van der Waals surface area contributed by atoms with E-state index in [9.17, 15) is 26.9 Å². The Bertz CT molecular complexity index is 1360. The fourth-order valence-corrected chi connectivity index (χ4v) is 5.27. The molecule has 2 heterocycles. The maximum atomic E-state index is 12.9. The smallest absolute Gasteiger partial charge is 0.387 e. The van der Waals surface area contributed by atoms with Gasteiger partial charge in [-0.05, 0) is 56.9 Å². The highest BCUT2D eigenvalue weighted by Gasteiger charge is 2.29. The Balaban J connectivity index is 1.87. The molecule has 1 atom stereocenters. The maximum absolute atomic E-state index is 12.9. The van der Waals surface area contributed by atoms with E-state index in [1.165, 1.54) is 25.1 Å². The van der Waals surface area contributed by atoms with Gasteiger partial charge in [0.25, 0.3) is 0 Å². The summed E-state index contributed by atoms with van der Waals surface area (Å²) in [6.45, 7) is -0.803. The van der Waals surface area contributed by atoms with Crippen molar-refractivity contribution in [3.8, 4) is 23.2 Å². The predicted molar refractivity (Wildman–Crippen MR) is 120 cm³/mol. The Morgan fingerprint density at radius 1 is 1.32 bits per heavy atom. The second-order valence-electron chi connectivity index (χ2n) is 8.36. The summed E-state index contributed by atoms with van der Waals surface area (Å²) in [6.07, 6.45) is 3.83. The van der Waals surface area contributed by atoms with E-state index in [4.69, 9.17) is 0 Å². The molecular weight excluding hydrogens is 469 g/mol. The molecule has 0 spiro atoms. The fraction of sp³-hybridized carbons (Fsp3) is 0.391. The molecule has 0 unspecified atom stereocenters. The molecule has 1 aliphatic rings. The second-order valence-corrected chi connectivity index (χ2v) is 10.1. The number of rotatable bonds is 8. The lowest BCUT2D eigenvalue weighted by atomic mass is 9.92. The Morgan fingerprint density at radius 2 is 2.06 bits per heavy atom. The molecule has 1 aliphatic carbocycles. The first-order chi connectivity index (χ1) is 16.2. The average molecular weight is 493 g/mol. The van der Waals surface area contributed by atoms with Crippen LogP contribution in [0.25, 0.3) is 22.3 Å². The van der Waals surface area contributed by atoms with Gasteiger partial charge in [0.2, 0.25) is 10.0 Å². The van der Waals surface area contributed by atoms with Crippen LogP contribution in [-0.4, -0.2) is 37.3 Å². The van der Waals surface area contributed by atoms with Crippen molar-refractivity contribution in [2.24, 2.45) is 0 Å². The maximum Gasteiger partial charge on any atom is 0.387 e. The zero-order valence-corrected chi connectivity index (χ0v) is 19.4. The Kier molecular flexibility index (Phi) is 6.55. The molecule has 0 saturated heterocycles. The molecular formula is C23H23F3N4O3S. The Labute approximate surface area is 195 Å². The summed E-state index contributed by atoms with van der Waals surface area (Å²) in [5.41, 5.74) is 2.22. The van der Waals surface area contributed by atoms with Crippen LogP contribution in [0.3, 0.4) is 0 Å². The van der Waals surface area contributed by atoms with Crippen molar-refractivity contribution < 1.29 is 26.3 Å². The molecule has 1 saturated carbocycles. The van der Waals surface area contributed by atoms with Crippen LogP contribution in [0.1, 0.15) is 43.4 Å². The van der Waals surface area contributed by atoms with Gasteiger partial charge in [-0.25, -0.2) is 17.5 Å². The zero-order chi connectivity index (χ0) is 24.6. The fourth-order valence-electron chi connectivity index (χ4n) is 4.10. The molecule has 1 N–H and O–H groups in total. The highest BCUT2D eigenvalue weighted by atomic mass is 32.2. The van der Waals surface area contributed by atoms with Crippen molar-refractivity contribution in [3.63, 3.8) is 0 Å². The van der Waals surface area contributed by atoms with E-state index in [-0.39, 0.29) is 16.7 Å². The van der Waals surface area contributed by atoms with Gasteiger partial charge in [0.05, 0.1) is 22.5 Å². The van der Waals surface area contributed by atoms with Gasteiger partial charge in [-0.2, -0.15) is 14.0 Å². The number of halogens is 3. The van der Waals surface area contributed by atoms with E-state index in [0.717, 1.165) is 25.5 Å². The molecule has 0 bridgehead atoms. The van der Waals surface area contributed by atoms with Gasteiger partial charge < -0.3 is 9.30 Å². The number of pyridine rings is 1. The number of alkyl halides is 3. The van der Waals surface area contributed by atoms with E-state index in [1.54, 1.807) is 13.0 Å². The number of benzene rings is 1. The van der Waals surface area contributed by atoms with Crippen molar-refractivity contribution in [1.29, 1.82) is 5.26 Å². The molecule has 34 heavy (non-hydrogen) atoms. The van der Waals surface area contributed by atoms with Crippen LogP contribution in [0.4, 0.5) is 13.2 Å². The highest BCUT2D eigenvalue weighted by molar-refractivity contribution is 7.89. The normalized spacial score (nSPS) is 15.3. The Hall–Kier alpha value is -3.10. The molecule has 0 amide bonds. The van der Waals surface area contributed by atoms with Crippen molar-refractivity contribution in [1.82, 2.24) is 14.3 Å². The van der Waals surface area contributed by atoms with Crippen molar-refractivity contribution in [2.75, 3.05) is 6.67 Å². The minimum Gasteiger partial charge on any atom is -0.434 e. The number of aromatic nitrogens is 2. The summed E-state index contributed by atoms with van der Waals surface area (Å²) < 4.78 is 72.3. The van der Waals surface area contributed by atoms with Crippen LogP contribution in [-0.2, 0) is 10.0 Å². The van der Waals surface area contributed by atoms with Gasteiger partial charge in [-0.15, -0.1) is 0 Å². The van der Waals surface area contributed by atoms with Gasteiger partial charge in [-0.1, -0.05) is 0 Å². The Morgan fingerprint density at radius 3 is 2.59 bits per heavy atom. The SMILES string of the molecule is Cc1cc2c(C#N)c(-c3ccc(S(=O)(=O)N[C@H](C)CF)cn3)n(C3CCC3)c2cc1OC(F)F. The minimum atomic E-state index is -3.97. The van der Waals surface area contributed by atoms with Crippen LogP contribution >= 0.6 is 0 Å². The summed E-state index contributed by atoms with van der Waals surface area (Å²) in [5.74, 6) is 0.0269. The van der Waals surface area contributed by atoms with Gasteiger partial charge in [0.1, 0.15) is 23.4 Å². The van der Waals surface area contributed by atoms with Gasteiger partial charge in [0, 0.05) is 29.7 Å². The third-order valence-electron chi connectivity index (χ3n) is 5.94. The second kappa shape index (κ2) is 9.27. The molecule has 1 aromatic carbocycles. The van der Waals surface area contributed by atoms with Crippen LogP contribution in [0.5, 0.6) is 5.75 Å². The van der Waals surface area contributed by atoms with Crippen LogP contribution in [0.2, 0.25) is 0 Å². The topological polar surface area (TPSA) is 97.0 Å². The first-order valence-corrected chi connectivity index (χ1v) is 12.2. The van der Waals surface area contributed by atoms with Gasteiger partial charge in [-0.3, -0.25) is 4.98 Å². The van der Waals surface area contributed by atoms with Gasteiger partial charge in [0.15, 0.2) is 0 Å². The van der Waals surface area contributed by atoms with E-state index in [1.807, 2.05) is 4.57 Å². The summed E-state index contributed by atoms with van der Waals surface area (Å²) in [4.78, 5) is 4.18. The number of fused-ring (bicyclic) bond motifs is 1. The summed E-state index contributed by atoms with van der Waals surface area (Å²) in [5, 5.41) is 10.6. The summed E-state index contributed by atoms with van der Waals surface area (Å²) >= 11 is 0. The molecule has 2 aromatic heterocycles. The molecule has 1 fully saturated rings. The number of nitriles is 1. The number of ether oxygens (including phenoxy) is 1. The number of nitrogens with zero attached hydrogens (tertiary/aromatic N) is 3. The van der Waals surface area contributed by atoms with Gasteiger partial charge >= 0.3 is 6.61 Å². The standard InChI is InChI=1S/C23H23F3N4O3S/c1-13-8-17-18(11-27)22(19-7-6-16(12-28-19)34(31,32)29-14(2)10-24)30(15-4-3-5-15)20(17)9-21(13)33-23(25)26/h6-9,12,14-15,23,29H,3-5,10H2,1-2H3/t14-/m1/s1. The van der Waals surface area contributed by atoms with Crippen molar-refractivity contribution >= 4 is 20.9 Å². The van der Waals surface area contributed by atoms with Crippen LogP contribution in [0, 0.1) is 18.3 Å². The minimum absolute atomic E-state index is 0.0269. The van der Waals surface area contributed by atoms with Crippen LogP contribution < -0.4 is 9.46 Å². The van der Waals surface area contributed by atoms with E-state index in [0.29, 0.717) is 33.4 Å². The van der Waals surface area contributed by atoms with Crippen LogP contribution in [0.15, 0.2) is 35.4 Å². The quantitative estimate of drug-likeness (QED) is 0.485. The number of sulfonamides is 1. The number of aryl methyl sites for hydroxylation is 1. The lowest BCUT2D eigenvalue weighted by molar-refractivity contribution is -0.0502. The lowest BCUT2D eigenvalue weighted by Gasteiger charge is -2.30. The molecule has 3 aromatic rings. The number of nitrogens with one attached hydrogen (secondary N) is 1. The molecule has 11 heteroatoms. The third-order valence-corrected chi connectivity index (χ3v) is 7.52. The zero-order valence-electron chi connectivity index (χ0n) is 18.6. The average Bonchev–Trinajstić information content (AvgIpc) is 3.05. The molecule has 4 rings (SSSR count). The molecule has 180 valence electrons. The predicted octanol–water partition coefficient (Wildman–Crippen LogP) is 4.85. The van der Waals surface area contributed by atoms with E-state index >= 15 is 0 Å². The third kappa shape index (κ3) is 4.35. The van der Waals surface area contributed by atoms with E-state index < -0.39 is 29.4 Å². The molecule has 7 nitrogen and oxygen atoms in total. The summed E-state index contributed by atoms with van der Waals surface area (Å²) in [6, 6.07) is 7.35. The van der Waals surface area contributed by atoms with Crippen molar-refractivity contribution in [3.05, 3.63) is 41.6 Å². The molecule has 0 aliphatic heterocycles. The number of hydrogen-bond acceptors (Lipinski definition) is 5.